The molecular formula is C22H44O2. The Morgan fingerprint density at radius 2 is 1.21 bits per heavy atom. The maximum absolute atomic E-state index is 10.0. The second-order valence-electron chi connectivity index (χ2n) is 7.86. The Balaban J connectivity index is 1.70. The third-order valence-electron chi connectivity index (χ3n) is 5.50. The number of unbranched alkanes of at least 4 members (excludes halogenated alkanes) is 14. The Morgan fingerprint density at radius 1 is 0.750 bits per heavy atom. The zero-order chi connectivity index (χ0) is 17.3. The van der Waals surface area contributed by atoms with Crippen molar-refractivity contribution in [2.24, 2.45) is 0 Å². The van der Waals surface area contributed by atoms with Crippen molar-refractivity contribution in [3.8, 4) is 0 Å². The molecule has 1 aliphatic heterocycles. The molecule has 0 aromatic rings. The van der Waals surface area contributed by atoms with Crippen molar-refractivity contribution in [3.05, 3.63) is 0 Å². The molecule has 1 rings (SSSR count). The number of rotatable bonds is 17. The molecule has 2 atom stereocenters. The molecule has 0 saturated carbocycles. The Bertz CT molecular complexity index is 248. The highest BCUT2D eigenvalue weighted by atomic mass is 16.5. The Labute approximate surface area is 151 Å². The van der Waals surface area contributed by atoms with Crippen LogP contribution in [0.2, 0.25) is 0 Å². The quantitative estimate of drug-likeness (QED) is 0.295. The van der Waals surface area contributed by atoms with E-state index >= 15 is 0 Å². The molecule has 0 aliphatic carbocycles. The van der Waals surface area contributed by atoms with Crippen molar-refractivity contribution >= 4 is 0 Å². The predicted octanol–water partition coefficient (Wildman–Crippen LogP) is 6.79. The van der Waals surface area contributed by atoms with E-state index in [9.17, 15) is 5.11 Å². The molecular weight excluding hydrogens is 296 g/mol. The van der Waals surface area contributed by atoms with Crippen LogP contribution in [0.4, 0.5) is 0 Å². The molecule has 1 heterocycles. The zero-order valence-electron chi connectivity index (χ0n) is 16.4. The van der Waals surface area contributed by atoms with Crippen LogP contribution >= 0.6 is 0 Å². The first-order valence-corrected chi connectivity index (χ1v) is 11.1. The summed E-state index contributed by atoms with van der Waals surface area (Å²) in [5.74, 6) is 0. The van der Waals surface area contributed by atoms with Gasteiger partial charge in [-0.15, -0.1) is 0 Å². The average Bonchev–Trinajstić information content (AvgIpc) is 3.13. The molecule has 1 N–H and O–H groups in total. The lowest BCUT2D eigenvalue weighted by Gasteiger charge is -2.16. The third-order valence-corrected chi connectivity index (χ3v) is 5.50. The molecule has 0 amide bonds. The summed E-state index contributed by atoms with van der Waals surface area (Å²) in [4.78, 5) is 0. The molecule has 0 bridgehead atoms. The SMILES string of the molecule is CCCCCCCCCCCCCCCCCC(O)C1CCCO1. The first kappa shape index (κ1) is 22.0. The molecule has 1 fully saturated rings. The van der Waals surface area contributed by atoms with E-state index in [1.807, 2.05) is 0 Å². The van der Waals surface area contributed by atoms with Gasteiger partial charge in [0.1, 0.15) is 0 Å². The van der Waals surface area contributed by atoms with Crippen molar-refractivity contribution in [1.82, 2.24) is 0 Å². The number of aliphatic hydroxyl groups excluding tert-OH is 1. The lowest BCUT2D eigenvalue weighted by Crippen LogP contribution is -2.24. The lowest BCUT2D eigenvalue weighted by molar-refractivity contribution is -0.00636. The fourth-order valence-electron chi connectivity index (χ4n) is 3.82. The second-order valence-corrected chi connectivity index (χ2v) is 7.86. The molecule has 0 radical (unpaired) electrons. The highest BCUT2D eigenvalue weighted by molar-refractivity contribution is 4.73. The van der Waals surface area contributed by atoms with Crippen LogP contribution in [0.1, 0.15) is 122 Å². The summed E-state index contributed by atoms with van der Waals surface area (Å²) in [5.41, 5.74) is 0. The van der Waals surface area contributed by atoms with Crippen molar-refractivity contribution in [1.29, 1.82) is 0 Å². The third kappa shape index (κ3) is 12.3. The van der Waals surface area contributed by atoms with E-state index in [0.717, 1.165) is 25.9 Å². The van der Waals surface area contributed by atoms with Crippen molar-refractivity contribution in [2.45, 2.75) is 135 Å². The number of hydrogen-bond donors (Lipinski definition) is 1. The molecule has 24 heavy (non-hydrogen) atoms. The van der Waals surface area contributed by atoms with Crippen LogP contribution in [0.25, 0.3) is 0 Å². The van der Waals surface area contributed by atoms with Crippen LogP contribution in [0.15, 0.2) is 0 Å². The van der Waals surface area contributed by atoms with Crippen molar-refractivity contribution in [2.75, 3.05) is 6.61 Å². The summed E-state index contributed by atoms with van der Waals surface area (Å²) in [6.07, 6.45) is 24.0. The van der Waals surface area contributed by atoms with E-state index in [-0.39, 0.29) is 12.2 Å². The van der Waals surface area contributed by atoms with E-state index in [1.165, 1.54) is 96.3 Å². The van der Waals surface area contributed by atoms with Gasteiger partial charge in [0.25, 0.3) is 0 Å². The molecule has 2 nitrogen and oxygen atoms in total. The van der Waals surface area contributed by atoms with Gasteiger partial charge in [-0.25, -0.2) is 0 Å². The lowest BCUT2D eigenvalue weighted by atomic mass is 10.0. The summed E-state index contributed by atoms with van der Waals surface area (Å²) < 4.78 is 5.54. The van der Waals surface area contributed by atoms with Gasteiger partial charge < -0.3 is 9.84 Å². The Kier molecular flexibility index (Phi) is 15.0. The van der Waals surface area contributed by atoms with Gasteiger partial charge >= 0.3 is 0 Å². The Hall–Kier alpha value is -0.0800. The summed E-state index contributed by atoms with van der Waals surface area (Å²) >= 11 is 0. The van der Waals surface area contributed by atoms with Crippen molar-refractivity contribution < 1.29 is 9.84 Å². The second kappa shape index (κ2) is 16.4. The van der Waals surface area contributed by atoms with Crippen LogP contribution in [0.3, 0.4) is 0 Å². The number of aliphatic hydroxyl groups is 1. The molecule has 1 saturated heterocycles. The molecule has 0 aromatic heterocycles. The summed E-state index contributed by atoms with van der Waals surface area (Å²) in [7, 11) is 0. The topological polar surface area (TPSA) is 29.5 Å². The molecule has 144 valence electrons. The fraction of sp³-hybridized carbons (Fsp3) is 1.00. The maximum Gasteiger partial charge on any atom is 0.0834 e. The van der Waals surface area contributed by atoms with Gasteiger partial charge in [0.2, 0.25) is 0 Å². The highest BCUT2D eigenvalue weighted by Crippen LogP contribution is 2.20. The fourth-order valence-corrected chi connectivity index (χ4v) is 3.82. The maximum atomic E-state index is 10.0. The van der Waals surface area contributed by atoms with E-state index in [0.29, 0.717) is 0 Å². The minimum atomic E-state index is -0.213. The first-order chi connectivity index (χ1) is 11.8. The van der Waals surface area contributed by atoms with Gasteiger partial charge in [-0.05, 0) is 19.3 Å². The summed E-state index contributed by atoms with van der Waals surface area (Å²) in [6.45, 7) is 3.13. The smallest absolute Gasteiger partial charge is 0.0834 e. The van der Waals surface area contributed by atoms with Crippen LogP contribution in [-0.4, -0.2) is 23.9 Å². The zero-order valence-corrected chi connectivity index (χ0v) is 16.4. The average molecular weight is 341 g/mol. The van der Waals surface area contributed by atoms with Gasteiger partial charge in [0, 0.05) is 6.61 Å². The van der Waals surface area contributed by atoms with Gasteiger partial charge in [0.15, 0.2) is 0 Å². The van der Waals surface area contributed by atoms with Crippen LogP contribution in [0.5, 0.6) is 0 Å². The highest BCUT2D eigenvalue weighted by Gasteiger charge is 2.23. The van der Waals surface area contributed by atoms with E-state index in [1.54, 1.807) is 0 Å². The first-order valence-electron chi connectivity index (χ1n) is 11.1. The molecule has 0 spiro atoms. The minimum absolute atomic E-state index is 0.136. The predicted molar refractivity (Wildman–Crippen MR) is 105 cm³/mol. The number of hydrogen-bond acceptors (Lipinski definition) is 2. The van der Waals surface area contributed by atoms with Crippen LogP contribution in [-0.2, 0) is 4.74 Å². The van der Waals surface area contributed by atoms with E-state index < -0.39 is 0 Å². The Morgan fingerprint density at radius 3 is 1.62 bits per heavy atom. The molecule has 2 heteroatoms. The molecule has 2 unspecified atom stereocenters. The monoisotopic (exact) mass is 340 g/mol. The van der Waals surface area contributed by atoms with Gasteiger partial charge in [-0.1, -0.05) is 103 Å². The molecule has 1 aliphatic rings. The largest absolute Gasteiger partial charge is 0.390 e. The molecule has 0 aromatic carbocycles. The van der Waals surface area contributed by atoms with E-state index in [4.69, 9.17) is 4.74 Å². The summed E-state index contributed by atoms with van der Waals surface area (Å²) in [6, 6.07) is 0. The number of ether oxygens (including phenoxy) is 1. The minimum Gasteiger partial charge on any atom is -0.390 e. The van der Waals surface area contributed by atoms with Crippen LogP contribution < -0.4 is 0 Å². The summed E-state index contributed by atoms with van der Waals surface area (Å²) in [5, 5.41) is 10.0. The standard InChI is InChI=1S/C22H44O2/c1-2-3-4-5-6-7-8-9-10-11-12-13-14-15-16-18-21(23)22-19-17-20-24-22/h21-23H,2-20H2,1H3. The normalized spacial score (nSPS) is 19.0. The van der Waals surface area contributed by atoms with Crippen LogP contribution in [0, 0.1) is 0 Å². The van der Waals surface area contributed by atoms with Gasteiger partial charge in [-0.2, -0.15) is 0 Å². The van der Waals surface area contributed by atoms with Gasteiger partial charge in [-0.3, -0.25) is 0 Å². The van der Waals surface area contributed by atoms with E-state index in [2.05, 4.69) is 6.92 Å². The van der Waals surface area contributed by atoms with Gasteiger partial charge in [0.05, 0.1) is 12.2 Å². The van der Waals surface area contributed by atoms with Crippen molar-refractivity contribution in [3.63, 3.8) is 0 Å².